The van der Waals surface area contributed by atoms with Crippen molar-refractivity contribution >= 4 is 11.9 Å². The first kappa shape index (κ1) is 33.2. The van der Waals surface area contributed by atoms with Crippen molar-refractivity contribution in [3.8, 4) is 11.8 Å². The Morgan fingerprint density at radius 2 is 1.23 bits per heavy atom. The molecular formula is C31H54O4. The van der Waals surface area contributed by atoms with Gasteiger partial charge in [-0.25, -0.2) is 0 Å². The molecule has 4 heteroatoms. The van der Waals surface area contributed by atoms with E-state index in [1.54, 1.807) is 0 Å². The summed E-state index contributed by atoms with van der Waals surface area (Å²) < 4.78 is 10.8. The van der Waals surface area contributed by atoms with Gasteiger partial charge in [-0.3, -0.25) is 9.59 Å². The molecule has 0 radical (unpaired) electrons. The van der Waals surface area contributed by atoms with Crippen molar-refractivity contribution in [2.75, 3.05) is 6.61 Å². The van der Waals surface area contributed by atoms with E-state index < -0.39 is 6.10 Å². The molecule has 0 saturated heterocycles. The first-order valence-electron chi connectivity index (χ1n) is 14.4. The van der Waals surface area contributed by atoms with Gasteiger partial charge in [-0.15, -0.1) is 0 Å². The van der Waals surface area contributed by atoms with E-state index in [4.69, 9.17) is 9.47 Å². The second kappa shape index (κ2) is 24.0. The van der Waals surface area contributed by atoms with Crippen LogP contribution in [-0.2, 0) is 19.1 Å². The number of carbonyl (C=O) groups is 2. The van der Waals surface area contributed by atoms with Crippen molar-refractivity contribution in [1.29, 1.82) is 0 Å². The number of allylic oxidation sites excluding steroid dienone is 1. The van der Waals surface area contributed by atoms with Crippen LogP contribution in [0.4, 0.5) is 0 Å². The standard InChI is InChI=1S/C31H54O4/c1-6-7-8-9-10-11-12-13-14-15-16-17-18-19-25-34-30(32)21-20-22-31(33)35-29(26-28(4)5)24-23-27(2)3/h28-29H,2,6-22,25-26H2,1,3-5H3. The molecule has 1 atom stereocenters. The van der Waals surface area contributed by atoms with Crippen LogP contribution >= 0.6 is 0 Å². The van der Waals surface area contributed by atoms with Crippen molar-refractivity contribution in [2.45, 2.75) is 149 Å². The van der Waals surface area contributed by atoms with Crippen molar-refractivity contribution in [3.05, 3.63) is 12.2 Å². The Balaban J connectivity index is 3.62. The van der Waals surface area contributed by atoms with Crippen molar-refractivity contribution in [2.24, 2.45) is 5.92 Å². The summed E-state index contributed by atoms with van der Waals surface area (Å²) in [6.07, 6.45) is 19.5. The second-order valence-corrected chi connectivity index (χ2v) is 10.3. The average Bonchev–Trinajstić information content (AvgIpc) is 2.79. The van der Waals surface area contributed by atoms with Crippen LogP contribution in [0.3, 0.4) is 0 Å². The molecule has 202 valence electrons. The van der Waals surface area contributed by atoms with E-state index in [0.29, 0.717) is 25.4 Å². The molecule has 0 N–H and O–H groups in total. The number of esters is 2. The van der Waals surface area contributed by atoms with E-state index in [1.807, 2.05) is 6.92 Å². The monoisotopic (exact) mass is 490 g/mol. The van der Waals surface area contributed by atoms with Gasteiger partial charge in [-0.05, 0) is 37.7 Å². The summed E-state index contributed by atoms with van der Waals surface area (Å²) in [5.41, 5.74) is 0.747. The number of unbranched alkanes of at least 4 members (excludes halogenated alkanes) is 13. The summed E-state index contributed by atoms with van der Waals surface area (Å²) >= 11 is 0. The maximum Gasteiger partial charge on any atom is 0.307 e. The minimum absolute atomic E-state index is 0.206. The first-order chi connectivity index (χ1) is 16.8. The van der Waals surface area contributed by atoms with Gasteiger partial charge in [0.05, 0.1) is 6.61 Å². The van der Waals surface area contributed by atoms with Crippen molar-refractivity contribution in [1.82, 2.24) is 0 Å². The predicted octanol–water partition coefficient (Wildman–Crippen LogP) is 8.72. The lowest BCUT2D eigenvalue weighted by molar-refractivity contribution is -0.147. The second-order valence-electron chi connectivity index (χ2n) is 10.3. The molecule has 0 aromatic rings. The van der Waals surface area contributed by atoms with E-state index in [-0.39, 0.29) is 24.8 Å². The zero-order chi connectivity index (χ0) is 26.2. The molecule has 0 heterocycles. The van der Waals surface area contributed by atoms with Crippen LogP contribution in [0.1, 0.15) is 143 Å². The fourth-order valence-electron chi connectivity index (χ4n) is 3.92. The number of carbonyl (C=O) groups excluding carboxylic acids is 2. The minimum Gasteiger partial charge on any atom is -0.466 e. The Labute approximate surface area is 217 Å². The molecule has 0 aromatic carbocycles. The summed E-state index contributed by atoms with van der Waals surface area (Å²) in [6, 6.07) is 0. The van der Waals surface area contributed by atoms with Gasteiger partial charge in [0.1, 0.15) is 0 Å². The first-order valence-corrected chi connectivity index (χ1v) is 14.4. The van der Waals surface area contributed by atoms with Crippen LogP contribution in [0.2, 0.25) is 0 Å². The molecule has 0 aliphatic heterocycles. The molecular weight excluding hydrogens is 436 g/mol. The Morgan fingerprint density at radius 3 is 1.71 bits per heavy atom. The smallest absolute Gasteiger partial charge is 0.307 e. The minimum atomic E-state index is -0.425. The molecule has 0 bridgehead atoms. The summed E-state index contributed by atoms with van der Waals surface area (Å²) in [4.78, 5) is 24.0. The molecule has 0 aliphatic rings. The maximum atomic E-state index is 12.1. The fraction of sp³-hybridized carbons (Fsp3) is 0.806. The molecule has 0 amide bonds. The highest BCUT2D eigenvalue weighted by Gasteiger charge is 2.14. The van der Waals surface area contributed by atoms with Crippen molar-refractivity contribution < 1.29 is 19.1 Å². The van der Waals surface area contributed by atoms with Gasteiger partial charge in [0.15, 0.2) is 6.10 Å². The van der Waals surface area contributed by atoms with Gasteiger partial charge >= 0.3 is 11.9 Å². The van der Waals surface area contributed by atoms with Gasteiger partial charge in [0.25, 0.3) is 0 Å². The molecule has 4 nitrogen and oxygen atoms in total. The van der Waals surface area contributed by atoms with E-state index in [1.165, 1.54) is 77.0 Å². The van der Waals surface area contributed by atoms with Crippen LogP contribution in [0.25, 0.3) is 0 Å². The molecule has 0 saturated carbocycles. The van der Waals surface area contributed by atoms with Gasteiger partial charge < -0.3 is 9.47 Å². The van der Waals surface area contributed by atoms with E-state index in [9.17, 15) is 9.59 Å². The molecule has 0 aliphatic carbocycles. The lowest BCUT2D eigenvalue weighted by Crippen LogP contribution is -2.19. The third-order valence-electron chi connectivity index (χ3n) is 5.93. The third-order valence-corrected chi connectivity index (χ3v) is 5.93. The lowest BCUT2D eigenvalue weighted by atomic mass is 10.0. The highest BCUT2D eigenvalue weighted by atomic mass is 16.5. The highest BCUT2D eigenvalue weighted by molar-refractivity contribution is 5.72. The van der Waals surface area contributed by atoms with Crippen molar-refractivity contribution in [3.63, 3.8) is 0 Å². The van der Waals surface area contributed by atoms with Gasteiger partial charge in [-0.2, -0.15) is 0 Å². The average molecular weight is 491 g/mol. The Morgan fingerprint density at radius 1 is 0.743 bits per heavy atom. The third kappa shape index (κ3) is 25.1. The summed E-state index contributed by atoms with van der Waals surface area (Å²) in [5, 5.41) is 0. The normalized spacial score (nSPS) is 11.6. The Kier molecular flexibility index (Phi) is 22.8. The van der Waals surface area contributed by atoms with Crippen LogP contribution in [0.5, 0.6) is 0 Å². The number of hydrogen-bond acceptors (Lipinski definition) is 4. The van der Waals surface area contributed by atoms with E-state index in [2.05, 4.69) is 39.2 Å². The summed E-state index contributed by atoms with van der Waals surface area (Å²) in [5.74, 6) is 5.69. The largest absolute Gasteiger partial charge is 0.466 e. The van der Waals surface area contributed by atoms with Gasteiger partial charge in [-0.1, -0.05) is 123 Å². The SMILES string of the molecule is C=C(C)C#CC(CC(C)C)OC(=O)CCCC(=O)OCCCCCCCCCCCCCCCC. The summed E-state index contributed by atoms with van der Waals surface area (Å²) in [6.45, 7) is 12.5. The van der Waals surface area contributed by atoms with Crippen LogP contribution in [0.15, 0.2) is 12.2 Å². The number of rotatable bonds is 22. The predicted molar refractivity (Wildman–Crippen MR) is 147 cm³/mol. The number of hydrogen-bond donors (Lipinski definition) is 0. The van der Waals surface area contributed by atoms with Crippen LogP contribution in [-0.4, -0.2) is 24.6 Å². The zero-order valence-corrected chi connectivity index (χ0v) is 23.4. The molecule has 0 spiro atoms. The van der Waals surface area contributed by atoms with Gasteiger partial charge in [0, 0.05) is 12.8 Å². The zero-order valence-electron chi connectivity index (χ0n) is 23.4. The van der Waals surface area contributed by atoms with Crippen LogP contribution < -0.4 is 0 Å². The van der Waals surface area contributed by atoms with E-state index in [0.717, 1.165) is 18.4 Å². The van der Waals surface area contributed by atoms with Gasteiger partial charge in [0.2, 0.25) is 0 Å². The lowest BCUT2D eigenvalue weighted by Gasteiger charge is -2.14. The Hall–Kier alpha value is -1.76. The molecule has 0 rings (SSSR count). The molecule has 0 fully saturated rings. The maximum absolute atomic E-state index is 12.1. The fourth-order valence-corrected chi connectivity index (χ4v) is 3.92. The highest BCUT2D eigenvalue weighted by Crippen LogP contribution is 2.13. The molecule has 1 unspecified atom stereocenters. The topological polar surface area (TPSA) is 52.6 Å². The summed E-state index contributed by atoms with van der Waals surface area (Å²) in [7, 11) is 0. The molecule has 0 aromatic heterocycles. The van der Waals surface area contributed by atoms with Crippen LogP contribution in [0, 0.1) is 17.8 Å². The van der Waals surface area contributed by atoms with E-state index >= 15 is 0 Å². The Bertz CT molecular complexity index is 611. The number of ether oxygens (including phenoxy) is 2. The quantitative estimate of drug-likeness (QED) is 0.0865. The molecule has 35 heavy (non-hydrogen) atoms.